The van der Waals surface area contributed by atoms with Gasteiger partial charge in [-0.2, -0.15) is 0 Å². The zero-order valence-electron chi connectivity index (χ0n) is 18.0. The number of rotatable bonds is 20. The van der Waals surface area contributed by atoms with E-state index in [9.17, 15) is 0 Å². The van der Waals surface area contributed by atoms with Gasteiger partial charge in [-0.25, -0.2) is 0 Å². The van der Waals surface area contributed by atoms with Crippen LogP contribution >= 0.6 is 22.6 Å². The summed E-state index contributed by atoms with van der Waals surface area (Å²) in [5.74, 6) is 0. The van der Waals surface area contributed by atoms with Gasteiger partial charge in [0, 0.05) is 10.8 Å². The van der Waals surface area contributed by atoms with Crippen LogP contribution in [-0.2, 0) is 0 Å². The minimum Gasteiger partial charge on any atom is -0.328 e. The maximum Gasteiger partial charge on any atom is 0.0789 e. The van der Waals surface area contributed by atoms with Crippen LogP contribution in [0.3, 0.4) is 0 Å². The van der Waals surface area contributed by atoms with Gasteiger partial charge in [0.05, 0.1) is 27.2 Å². The Morgan fingerprint density at radius 2 is 0.800 bits per heavy atom. The fraction of sp³-hybridized carbons (Fsp3) is 1.00. The molecule has 0 aromatic rings. The molecular weight excluding hydrogens is 417 g/mol. The first-order valence-corrected chi connectivity index (χ1v) is 13.0. The first-order valence-electron chi connectivity index (χ1n) is 11.5. The second kappa shape index (κ2) is 19.5. The number of halogens is 1. The van der Waals surface area contributed by atoms with Crippen molar-refractivity contribution in [1.29, 1.82) is 0 Å². The number of nitrogens with zero attached hydrogens (tertiary/aromatic N) is 1. The number of hydrogen-bond acceptors (Lipinski definition) is 0. The van der Waals surface area contributed by atoms with Crippen molar-refractivity contribution in [3.8, 4) is 0 Å². The second-order valence-electron chi connectivity index (χ2n) is 8.73. The van der Waals surface area contributed by atoms with E-state index in [2.05, 4.69) is 43.6 Å². The van der Waals surface area contributed by atoms with Crippen LogP contribution in [0.15, 0.2) is 0 Å². The van der Waals surface area contributed by atoms with Crippen molar-refractivity contribution in [2.45, 2.75) is 116 Å². The van der Waals surface area contributed by atoms with Crippen LogP contribution in [0.4, 0.5) is 0 Å². The molecule has 0 aliphatic heterocycles. The minimum absolute atomic E-state index is 1.22. The molecular formula is C23H49IN+. The highest BCUT2D eigenvalue weighted by atomic mass is 127. The zero-order chi connectivity index (χ0) is 18.6. The molecule has 0 rings (SSSR count). The largest absolute Gasteiger partial charge is 0.328 e. The van der Waals surface area contributed by atoms with Gasteiger partial charge in [0.1, 0.15) is 0 Å². The Labute approximate surface area is 174 Å². The molecule has 25 heavy (non-hydrogen) atoms. The van der Waals surface area contributed by atoms with Gasteiger partial charge in [0.2, 0.25) is 0 Å². The number of quaternary nitrogens is 1. The summed E-state index contributed by atoms with van der Waals surface area (Å²) in [5, 5.41) is 0. The fourth-order valence-electron chi connectivity index (χ4n) is 3.69. The van der Waals surface area contributed by atoms with Gasteiger partial charge < -0.3 is 4.48 Å². The molecule has 0 saturated heterocycles. The summed E-state index contributed by atoms with van der Waals surface area (Å²) in [6.45, 7) is 5.02. The van der Waals surface area contributed by atoms with Crippen LogP contribution in [0.5, 0.6) is 0 Å². The number of unbranched alkanes of at least 4 members (excludes halogenated alkanes) is 15. The quantitative estimate of drug-likeness (QED) is 0.0735. The summed E-state index contributed by atoms with van der Waals surface area (Å²) in [6.07, 6.45) is 24.8. The van der Waals surface area contributed by atoms with Crippen molar-refractivity contribution in [3.05, 3.63) is 0 Å². The molecule has 0 aromatic carbocycles. The van der Waals surface area contributed by atoms with Gasteiger partial charge in [-0.3, -0.25) is 0 Å². The van der Waals surface area contributed by atoms with E-state index in [1.54, 1.807) is 0 Å². The zero-order valence-corrected chi connectivity index (χ0v) is 20.1. The molecule has 0 heterocycles. The number of hydrogen-bond donors (Lipinski definition) is 0. The van der Waals surface area contributed by atoms with Crippen LogP contribution in [0.25, 0.3) is 0 Å². The Kier molecular flexibility index (Phi) is 20.0. The molecule has 0 radical (unpaired) electrons. The van der Waals surface area contributed by atoms with E-state index in [-0.39, 0.29) is 0 Å². The van der Waals surface area contributed by atoms with Gasteiger partial charge in [-0.15, -0.1) is 0 Å². The normalized spacial score (nSPS) is 12.0. The highest BCUT2D eigenvalue weighted by molar-refractivity contribution is 14.1. The molecule has 0 N–H and O–H groups in total. The summed E-state index contributed by atoms with van der Waals surface area (Å²) in [6, 6.07) is 0. The van der Waals surface area contributed by atoms with Gasteiger partial charge in [0.25, 0.3) is 0 Å². The van der Waals surface area contributed by atoms with Gasteiger partial charge in [0.15, 0.2) is 0 Å². The van der Waals surface area contributed by atoms with E-state index >= 15 is 0 Å². The minimum atomic E-state index is 1.22. The predicted octanol–water partition coefficient (Wildman–Crippen LogP) is 8.15. The van der Waals surface area contributed by atoms with E-state index < -0.39 is 0 Å². The molecule has 2 heteroatoms. The summed E-state index contributed by atoms with van der Waals surface area (Å²) in [4.78, 5) is 0. The van der Waals surface area contributed by atoms with Crippen LogP contribution in [0, 0.1) is 0 Å². The molecule has 0 aliphatic rings. The molecule has 152 valence electrons. The van der Waals surface area contributed by atoms with E-state index in [4.69, 9.17) is 0 Å². The molecule has 0 bridgehead atoms. The van der Waals surface area contributed by atoms with E-state index in [0.717, 1.165) is 0 Å². The third-order valence-electron chi connectivity index (χ3n) is 5.51. The molecule has 0 saturated carbocycles. The van der Waals surface area contributed by atoms with Crippen molar-refractivity contribution in [1.82, 2.24) is 0 Å². The number of alkyl halides is 1. The molecule has 1 nitrogen and oxygen atoms in total. The molecule has 0 fully saturated rings. The van der Waals surface area contributed by atoms with E-state index in [1.165, 1.54) is 131 Å². The topological polar surface area (TPSA) is 0 Å². The van der Waals surface area contributed by atoms with Crippen LogP contribution < -0.4 is 0 Å². The maximum absolute atomic E-state index is 2.50. The van der Waals surface area contributed by atoms with Crippen molar-refractivity contribution in [2.24, 2.45) is 0 Å². The van der Waals surface area contributed by atoms with Crippen LogP contribution in [-0.4, -0.2) is 36.1 Å². The van der Waals surface area contributed by atoms with Gasteiger partial charge in [-0.05, 0) is 12.8 Å². The van der Waals surface area contributed by atoms with Crippen molar-refractivity contribution in [2.75, 3.05) is 31.6 Å². The molecule has 0 amide bonds. The summed E-state index contributed by atoms with van der Waals surface area (Å²) in [7, 11) is 4.80. The molecule has 0 atom stereocenters. The Morgan fingerprint density at radius 1 is 0.480 bits per heavy atom. The second-order valence-corrected chi connectivity index (χ2v) is 9.81. The summed E-state index contributed by atoms with van der Waals surface area (Å²) in [5.41, 5.74) is 0. The van der Waals surface area contributed by atoms with Crippen molar-refractivity contribution in [3.63, 3.8) is 0 Å². The monoisotopic (exact) mass is 466 g/mol. The van der Waals surface area contributed by atoms with E-state index in [1.807, 2.05) is 0 Å². The first kappa shape index (κ1) is 25.7. The average molecular weight is 467 g/mol. The lowest BCUT2D eigenvalue weighted by atomic mass is 10.0. The van der Waals surface area contributed by atoms with Gasteiger partial charge in [-0.1, -0.05) is 119 Å². The third-order valence-corrected chi connectivity index (χ3v) is 6.28. The Hall–Kier alpha value is 0.690. The Bertz CT molecular complexity index is 252. The maximum atomic E-state index is 2.50. The van der Waals surface area contributed by atoms with Crippen LogP contribution in [0.2, 0.25) is 0 Å². The lowest BCUT2D eigenvalue weighted by Crippen LogP contribution is -2.41. The van der Waals surface area contributed by atoms with Gasteiger partial charge >= 0.3 is 0 Å². The van der Waals surface area contributed by atoms with Crippen molar-refractivity contribution >= 4 is 22.6 Å². The standard InChI is InChI=1S/C23H49IN/c1-4-5-6-7-8-9-10-11-12-13-14-15-16-17-18-19-22-25(2,3)23-20-21-24/h4-23H2,1-3H3/q+1. The highest BCUT2D eigenvalue weighted by Crippen LogP contribution is 2.14. The predicted molar refractivity (Wildman–Crippen MR) is 125 cm³/mol. The lowest BCUT2D eigenvalue weighted by molar-refractivity contribution is -0.890. The SMILES string of the molecule is CCCCCCCCCCCCCCCCCC[N+](C)(C)CCCI. The smallest absolute Gasteiger partial charge is 0.0789 e. The third kappa shape index (κ3) is 20.9. The van der Waals surface area contributed by atoms with Crippen LogP contribution in [0.1, 0.15) is 116 Å². The molecule has 0 aromatic heterocycles. The first-order chi connectivity index (χ1) is 12.1. The Balaban J connectivity index is 3.14. The van der Waals surface area contributed by atoms with E-state index in [0.29, 0.717) is 0 Å². The molecule has 0 aliphatic carbocycles. The Morgan fingerprint density at radius 3 is 1.16 bits per heavy atom. The molecule has 0 unspecified atom stereocenters. The fourth-order valence-corrected chi connectivity index (χ4v) is 4.03. The van der Waals surface area contributed by atoms with Crippen molar-refractivity contribution < 1.29 is 4.48 Å². The molecule has 0 spiro atoms. The summed E-state index contributed by atoms with van der Waals surface area (Å²) >= 11 is 2.50. The summed E-state index contributed by atoms with van der Waals surface area (Å²) < 4.78 is 2.53. The average Bonchev–Trinajstić information content (AvgIpc) is 2.59. The lowest BCUT2D eigenvalue weighted by Gasteiger charge is -2.29. The highest BCUT2D eigenvalue weighted by Gasteiger charge is 2.12.